The Balaban J connectivity index is 0.00000300. The number of hydrogen-bond acceptors (Lipinski definition) is 4. The Hall–Kier alpha value is -1.15. The molecule has 5 nitrogen and oxygen atoms in total. The molecule has 0 aromatic heterocycles. The zero-order valence-corrected chi connectivity index (χ0v) is 19.8. The molecule has 0 radical (unpaired) electrons. The van der Waals surface area contributed by atoms with Gasteiger partial charge in [-0.2, -0.15) is 4.31 Å². The number of hydrogen-bond donors (Lipinski definition) is 0. The molecule has 0 bridgehead atoms. The van der Waals surface area contributed by atoms with E-state index in [0.29, 0.717) is 24.4 Å². The number of benzene rings is 2. The molecular formula is C21H21ClNNaO4S. The average molecular weight is 442 g/mol. The predicted octanol–water partition coefficient (Wildman–Crippen LogP) is 0.182. The molecule has 2 atom stereocenters. The number of rotatable bonds is 7. The van der Waals surface area contributed by atoms with E-state index in [0.717, 1.165) is 5.56 Å². The summed E-state index contributed by atoms with van der Waals surface area (Å²) in [6, 6.07) is 15.3. The van der Waals surface area contributed by atoms with Crippen molar-refractivity contribution in [3.05, 3.63) is 77.3 Å². The van der Waals surface area contributed by atoms with Crippen LogP contribution in [0.25, 0.3) is 0 Å². The van der Waals surface area contributed by atoms with Crippen LogP contribution >= 0.6 is 11.6 Å². The number of carboxylic acids is 1. The van der Waals surface area contributed by atoms with Crippen molar-refractivity contribution in [2.24, 2.45) is 5.92 Å². The van der Waals surface area contributed by atoms with E-state index < -0.39 is 16.0 Å². The molecule has 1 fully saturated rings. The number of aliphatic carboxylic acids is 1. The quantitative estimate of drug-likeness (QED) is 0.454. The second-order valence-electron chi connectivity index (χ2n) is 6.72. The van der Waals surface area contributed by atoms with Gasteiger partial charge >= 0.3 is 29.6 Å². The van der Waals surface area contributed by atoms with Crippen molar-refractivity contribution in [2.45, 2.75) is 30.2 Å². The van der Waals surface area contributed by atoms with Gasteiger partial charge in [0.05, 0.1) is 10.9 Å². The van der Waals surface area contributed by atoms with Gasteiger partial charge in [-0.3, -0.25) is 0 Å². The molecule has 0 N–H and O–H groups in total. The van der Waals surface area contributed by atoms with Gasteiger partial charge in [0.2, 0.25) is 10.0 Å². The first kappa shape index (κ1) is 24.1. The van der Waals surface area contributed by atoms with E-state index in [1.165, 1.54) is 16.4 Å². The van der Waals surface area contributed by atoms with Crippen molar-refractivity contribution < 1.29 is 47.9 Å². The summed E-state index contributed by atoms with van der Waals surface area (Å²) in [5.41, 5.74) is 0.909. The minimum absolute atomic E-state index is 0. The van der Waals surface area contributed by atoms with Crippen LogP contribution in [0.1, 0.15) is 30.9 Å². The van der Waals surface area contributed by atoms with Crippen molar-refractivity contribution in [3.8, 4) is 0 Å². The van der Waals surface area contributed by atoms with Crippen molar-refractivity contribution in [1.82, 2.24) is 4.31 Å². The number of carbonyl (C=O) groups is 1. The first-order chi connectivity index (χ1) is 13.4. The topological polar surface area (TPSA) is 77.5 Å². The van der Waals surface area contributed by atoms with Gasteiger partial charge in [0.1, 0.15) is 0 Å². The monoisotopic (exact) mass is 441 g/mol. The van der Waals surface area contributed by atoms with Crippen molar-refractivity contribution >= 4 is 27.6 Å². The summed E-state index contributed by atoms with van der Waals surface area (Å²) in [7, 11) is -3.69. The number of sulfonamides is 1. The van der Waals surface area contributed by atoms with Gasteiger partial charge < -0.3 is 9.90 Å². The van der Waals surface area contributed by atoms with E-state index in [1.54, 1.807) is 18.2 Å². The summed E-state index contributed by atoms with van der Waals surface area (Å²) < 4.78 is 28.1. The van der Waals surface area contributed by atoms with Gasteiger partial charge in [-0.25, -0.2) is 8.42 Å². The molecule has 2 aromatic rings. The van der Waals surface area contributed by atoms with Crippen LogP contribution in [0.2, 0.25) is 5.02 Å². The molecule has 0 unspecified atom stereocenters. The van der Waals surface area contributed by atoms with E-state index in [9.17, 15) is 18.3 Å². The number of carbonyl (C=O) groups excluding carboxylic acids is 1. The fourth-order valence-electron chi connectivity index (χ4n) is 3.54. The Morgan fingerprint density at radius 3 is 2.41 bits per heavy atom. The molecule has 2 aromatic carbocycles. The van der Waals surface area contributed by atoms with E-state index in [1.807, 2.05) is 36.4 Å². The van der Waals surface area contributed by atoms with E-state index in [4.69, 9.17) is 11.6 Å². The molecule has 0 saturated carbocycles. The Labute approximate surface area is 198 Å². The fraction of sp³-hybridized carbons (Fsp3) is 0.286. The summed E-state index contributed by atoms with van der Waals surface area (Å²) in [5.74, 6) is -1.13. The summed E-state index contributed by atoms with van der Waals surface area (Å²) >= 11 is 5.90. The van der Waals surface area contributed by atoms with E-state index in [2.05, 4.69) is 0 Å². The first-order valence-electron chi connectivity index (χ1n) is 9.08. The molecule has 1 aliphatic rings. The Kier molecular flexibility index (Phi) is 8.94. The molecular weight excluding hydrogens is 421 g/mol. The third-order valence-corrected chi connectivity index (χ3v) is 7.01. The van der Waals surface area contributed by atoms with Gasteiger partial charge in [0.15, 0.2) is 0 Å². The van der Waals surface area contributed by atoms with Gasteiger partial charge in [-0.05, 0) is 55.0 Å². The Morgan fingerprint density at radius 2 is 1.79 bits per heavy atom. The minimum atomic E-state index is -3.69. The molecule has 1 saturated heterocycles. The molecule has 8 heteroatoms. The molecule has 148 valence electrons. The smallest absolute Gasteiger partial charge is 0.550 e. The predicted molar refractivity (Wildman–Crippen MR) is 106 cm³/mol. The van der Waals surface area contributed by atoms with Crippen LogP contribution < -0.4 is 34.7 Å². The number of nitrogens with zero attached hydrogens (tertiary/aromatic N) is 1. The molecule has 29 heavy (non-hydrogen) atoms. The zero-order chi connectivity index (χ0) is 20.1. The normalized spacial score (nSPS) is 19.9. The van der Waals surface area contributed by atoms with Crippen LogP contribution in [0, 0.1) is 5.92 Å². The maximum Gasteiger partial charge on any atom is 1.00 e. The van der Waals surface area contributed by atoms with Gasteiger partial charge in [0.25, 0.3) is 0 Å². The number of carboxylic acid groups (broad SMARTS) is 1. The van der Waals surface area contributed by atoms with Crippen LogP contribution in [-0.4, -0.2) is 25.2 Å². The van der Waals surface area contributed by atoms with Crippen molar-refractivity contribution in [2.75, 3.05) is 6.54 Å². The van der Waals surface area contributed by atoms with E-state index >= 15 is 0 Å². The second-order valence-corrected chi connectivity index (χ2v) is 9.04. The van der Waals surface area contributed by atoms with Crippen LogP contribution in [0.5, 0.6) is 0 Å². The zero-order valence-electron chi connectivity index (χ0n) is 16.2. The molecule has 1 heterocycles. The Morgan fingerprint density at radius 1 is 1.14 bits per heavy atom. The van der Waals surface area contributed by atoms with Crippen LogP contribution in [-0.2, 0) is 14.8 Å². The second kappa shape index (κ2) is 10.8. The summed E-state index contributed by atoms with van der Waals surface area (Å²) in [6.45, 7) is 0.389. The summed E-state index contributed by atoms with van der Waals surface area (Å²) in [6.07, 6.45) is 4.71. The average Bonchev–Trinajstić information content (AvgIpc) is 3.11. The SMILES string of the molecule is O=C([O-])CC/C=C\[C@@H]1CCN(S(=O)(=O)c2ccc(Cl)cc2)[C@@H]1c1ccccc1.[Na+]. The van der Waals surface area contributed by atoms with Gasteiger partial charge in [-0.1, -0.05) is 54.1 Å². The number of halogens is 1. The third kappa shape index (κ3) is 5.94. The Bertz CT molecular complexity index is 948. The molecule has 1 aliphatic heterocycles. The van der Waals surface area contributed by atoms with Crippen molar-refractivity contribution in [3.63, 3.8) is 0 Å². The summed E-state index contributed by atoms with van der Waals surface area (Å²) in [4.78, 5) is 10.8. The third-order valence-electron chi connectivity index (χ3n) is 4.86. The molecule has 0 aliphatic carbocycles. The van der Waals surface area contributed by atoms with Gasteiger partial charge in [0, 0.05) is 17.5 Å². The maximum atomic E-state index is 13.3. The minimum Gasteiger partial charge on any atom is -0.550 e. The van der Waals surface area contributed by atoms with Crippen LogP contribution in [0.4, 0.5) is 0 Å². The van der Waals surface area contributed by atoms with Crippen LogP contribution in [0.3, 0.4) is 0 Å². The summed E-state index contributed by atoms with van der Waals surface area (Å²) in [5, 5.41) is 11.1. The fourth-order valence-corrected chi connectivity index (χ4v) is 5.34. The maximum absolute atomic E-state index is 13.3. The van der Waals surface area contributed by atoms with Gasteiger partial charge in [-0.15, -0.1) is 0 Å². The van der Waals surface area contributed by atoms with Crippen LogP contribution in [0.15, 0.2) is 71.6 Å². The molecule has 0 amide bonds. The standard InChI is InChI=1S/C21H22ClNO4S.Na/c22-18-10-12-19(13-11-18)28(26,27)23-15-14-17(8-4-5-9-20(24)25)21(23)16-6-2-1-3-7-16;/h1-4,6-8,10-13,17,21H,5,9,14-15H2,(H,24,25);/q;+1/p-1/b8-4-;/t17-,21-;/m1./s1. The molecule has 0 spiro atoms. The van der Waals surface area contributed by atoms with Crippen molar-refractivity contribution in [1.29, 1.82) is 0 Å². The number of allylic oxidation sites excluding steroid dienone is 1. The largest absolute Gasteiger partial charge is 1.00 e. The molecule has 3 rings (SSSR count). The first-order valence-corrected chi connectivity index (χ1v) is 10.9. The van der Waals surface area contributed by atoms with E-state index in [-0.39, 0.29) is 52.8 Å².